The third kappa shape index (κ3) is 3.26. The zero-order valence-electron chi connectivity index (χ0n) is 12.4. The summed E-state index contributed by atoms with van der Waals surface area (Å²) in [5.41, 5.74) is 2.49. The fourth-order valence-electron chi connectivity index (χ4n) is 3.46. The van der Waals surface area contributed by atoms with Crippen molar-refractivity contribution in [2.75, 3.05) is 18.9 Å². The van der Waals surface area contributed by atoms with Gasteiger partial charge in [0.15, 0.2) is 0 Å². The van der Waals surface area contributed by atoms with Crippen molar-refractivity contribution >= 4 is 23.2 Å². The van der Waals surface area contributed by atoms with E-state index < -0.39 is 0 Å². The highest BCUT2D eigenvalue weighted by Gasteiger charge is 2.39. The first-order valence-corrected chi connectivity index (χ1v) is 8.47. The molecule has 1 saturated carbocycles. The number of rotatable bonds is 6. The average Bonchev–Trinajstić information content (AvgIpc) is 3.00. The third-order valence-electron chi connectivity index (χ3n) is 4.73. The smallest absolute Gasteiger partial charge is 0.122 e. The van der Waals surface area contributed by atoms with Crippen LogP contribution in [-0.4, -0.2) is 18.9 Å². The second-order valence-corrected chi connectivity index (χ2v) is 6.64. The normalized spacial score (nSPS) is 16.6. The third-order valence-corrected chi connectivity index (χ3v) is 5.80. The van der Waals surface area contributed by atoms with Crippen molar-refractivity contribution in [3.63, 3.8) is 0 Å². The summed E-state index contributed by atoms with van der Waals surface area (Å²) in [6.07, 6.45) is 6.05. The van der Waals surface area contributed by atoms with Gasteiger partial charge in [-0.2, -0.15) is 0 Å². The highest BCUT2D eigenvalue weighted by molar-refractivity contribution is 6.21. The Balaban J connectivity index is 2.29. The van der Waals surface area contributed by atoms with E-state index in [1.54, 1.807) is 7.11 Å². The topological polar surface area (TPSA) is 9.23 Å². The van der Waals surface area contributed by atoms with Crippen LogP contribution in [0.1, 0.15) is 36.8 Å². The number of hydrogen-bond acceptors (Lipinski definition) is 1. The molecule has 112 valence electrons. The van der Waals surface area contributed by atoms with E-state index in [-0.39, 0.29) is 5.41 Å². The van der Waals surface area contributed by atoms with Crippen LogP contribution in [0.3, 0.4) is 0 Å². The van der Waals surface area contributed by atoms with Crippen LogP contribution < -0.4 is 4.74 Å². The molecule has 1 nitrogen and oxygen atoms in total. The van der Waals surface area contributed by atoms with Gasteiger partial charge in [-0.25, -0.2) is 0 Å². The van der Waals surface area contributed by atoms with Gasteiger partial charge in [-0.15, -0.1) is 23.2 Å². The quantitative estimate of drug-likeness (QED) is 0.656. The molecule has 3 heteroatoms. The molecule has 1 aromatic rings. The number of methoxy groups -OCH3 is 1. The average molecular weight is 315 g/mol. The van der Waals surface area contributed by atoms with Gasteiger partial charge in [-0.05, 0) is 43.7 Å². The van der Waals surface area contributed by atoms with Crippen LogP contribution in [-0.2, 0) is 6.42 Å². The molecule has 2 rings (SSSR count). The summed E-state index contributed by atoms with van der Waals surface area (Å²) in [6, 6.07) is 6.34. The first-order valence-electron chi connectivity index (χ1n) is 7.40. The second kappa shape index (κ2) is 7.04. The zero-order chi connectivity index (χ0) is 14.6. The van der Waals surface area contributed by atoms with E-state index in [9.17, 15) is 0 Å². The van der Waals surface area contributed by atoms with Crippen molar-refractivity contribution in [3.05, 3.63) is 29.3 Å². The number of halogens is 2. The minimum atomic E-state index is 0.000679. The van der Waals surface area contributed by atoms with Gasteiger partial charge in [0.1, 0.15) is 5.75 Å². The van der Waals surface area contributed by atoms with Gasteiger partial charge in [0.2, 0.25) is 0 Å². The lowest BCUT2D eigenvalue weighted by molar-refractivity contribution is 0.222. The summed E-state index contributed by atoms with van der Waals surface area (Å²) >= 11 is 12.7. The monoisotopic (exact) mass is 314 g/mol. The van der Waals surface area contributed by atoms with Crippen molar-refractivity contribution in [1.82, 2.24) is 0 Å². The molecular weight excluding hydrogens is 291 g/mol. The summed E-state index contributed by atoms with van der Waals surface area (Å²) in [5.74, 6) is 2.84. The van der Waals surface area contributed by atoms with Crippen LogP contribution in [0.5, 0.6) is 5.75 Å². The van der Waals surface area contributed by atoms with E-state index in [1.807, 2.05) is 6.07 Å². The van der Waals surface area contributed by atoms with E-state index in [0.717, 1.165) is 12.2 Å². The molecule has 1 aromatic carbocycles. The Labute approximate surface area is 132 Å². The molecule has 0 saturated heterocycles. The maximum absolute atomic E-state index is 6.36. The molecule has 0 N–H and O–H groups in total. The van der Waals surface area contributed by atoms with Crippen LogP contribution >= 0.6 is 23.2 Å². The van der Waals surface area contributed by atoms with Gasteiger partial charge in [0.05, 0.1) is 7.11 Å². The number of aryl methyl sites for hydroxylation is 1. The Kier molecular flexibility index (Phi) is 5.63. The summed E-state index contributed by atoms with van der Waals surface area (Å²) in [7, 11) is 1.73. The van der Waals surface area contributed by atoms with E-state index in [0.29, 0.717) is 17.7 Å². The van der Waals surface area contributed by atoms with E-state index in [2.05, 4.69) is 19.1 Å². The highest BCUT2D eigenvalue weighted by atomic mass is 35.5. The first-order chi connectivity index (χ1) is 9.65. The molecule has 0 atom stereocenters. The molecule has 1 aliphatic rings. The van der Waals surface area contributed by atoms with Gasteiger partial charge in [0, 0.05) is 17.2 Å². The minimum Gasteiger partial charge on any atom is -0.496 e. The van der Waals surface area contributed by atoms with E-state index in [1.165, 1.54) is 36.8 Å². The van der Waals surface area contributed by atoms with Crippen LogP contribution in [0.25, 0.3) is 0 Å². The van der Waals surface area contributed by atoms with Gasteiger partial charge < -0.3 is 4.74 Å². The number of ether oxygens (including phenoxy) is 1. The van der Waals surface area contributed by atoms with Crippen molar-refractivity contribution in [3.8, 4) is 5.75 Å². The van der Waals surface area contributed by atoms with Crippen LogP contribution in [0.4, 0.5) is 0 Å². The van der Waals surface area contributed by atoms with Crippen molar-refractivity contribution in [2.24, 2.45) is 11.3 Å². The van der Waals surface area contributed by atoms with Crippen molar-refractivity contribution in [2.45, 2.75) is 39.0 Å². The fourth-order valence-corrected chi connectivity index (χ4v) is 4.37. The Hall–Kier alpha value is -0.400. The van der Waals surface area contributed by atoms with Crippen LogP contribution in [0.15, 0.2) is 18.2 Å². The molecule has 1 fully saturated rings. The van der Waals surface area contributed by atoms with E-state index in [4.69, 9.17) is 27.9 Å². The Morgan fingerprint density at radius 1 is 1.20 bits per heavy atom. The predicted molar refractivity (Wildman–Crippen MR) is 87.3 cm³/mol. The van der Waals surface area contributed by atoms with Gasteiger partial charge in [-0.3, -0.25) is 0 Å². The van der Waals surface area contributed by atoms with Gasteiger partial charge in [0.25, 0.3) is 0 Å². The summed E-state index contributed by atoms with van der Waals surface area (Å²) in [5, 5.41) is 0. The lowest BCUT2D eigenvalue weighted by Gasteiger charge is -2.36. The molecule has 0 aromatic heterocycles. The minimum absolute atomic E-state index is 0.000679. The van der Waals surface area contributed by atoms with Gasteiger partial charge in [-0.1, -0.05) is 30.5 Å². The van der Waals surface area contributed by atoms with Crippen molar-refractivity contribution in [1.29, 1.82) is 0 Å². The zero-order valence-corrected chi connectivity index (χ0v) is 13.9. The summed E-state index contributed by atoms with van der Waals surface area (Å²) < 4.78 is 5.51. The lowest BCUT2D eigenvalue weighted by atomic mass is 9.73. The molecule has 20 heavy (non-hydrogen) atoms. The Morgan fingerprint density at radius 3 is 2.40 bits per heavy atom. The maximum atomic E-state index is 6.36. The van der Waals surface area contributed by atoms with E-state index >= 15 is 0 Å². The Bertz CT molecular complexity index is 435. The summed E-state index contributed by atoms with van der Waals surface area (Å²) in [4.78, 5) is 0. The standard InChI is InChI=1S/C17H24Cl2O/c1-13-7-8-16(20-2)14(9-13)10-17(11-18,12-19)15-5-3-4-6-15/h7-9,15H,3-6,10-12H2,1-2H3. The first kappa shape index (κ1) is 16.0. The van der Waals surface area contributed by atoms with Crippen LogP contribution in [0.2, 0.25) is 0 Å². The second-order valence-electron chi connectivity index (χ2n) is 6.10. The lowest BCUT2D eigenvalue weighted by Crippen LogP contribution is -2.35. The molecule has 0 aliphatic heterocycles. The summed E-state index contributed by atoms with van der Waals surface area (Å²) in [6.45, 7) is 2.11. The maximum Gasteiger partial charge on any atom is 0.122 e. The molecular formula is C17H24Cl2O. The van der Waals surface area contributed by atoms with Crippen LogP contribution in [0, 0.1) is 18.3 Å². The predicted octanol–water partition coefficient (Wildman–Crippen LogP) is 5.20. The number of benzene rings is 1. The SMILES string of the molecule is COc1ccc(C)cc1CC(CCl)(CCl)C1CCCC1. The Morgan fingerprint density at radius 2 is 1.85 bits per heavy atom. The number of hydrogen-bond donors (Lipinski definition) is 0. The van der Waals surface area contributed by atoms with Gasteiger partial charge >= 0.3 is 0 Å². The molecule has 0 unspecified atom stereocenters. The molecule has 1 aliphatic carbocycles. The largest absolute Gasteiger partial charge is 0.496 e. The molecule has 0 heterocycles. The molecule has 0 amide bonds. The molecule has 0 spiro atoms. The van der Waals surface area contributed by atoms with Crippen molar-refractivity contribution < 1.29 is 4.74 Å². The molecule has 0 radical (unpaired) electrons. The number of alkyl halides is 2. The fraction of sp³-hybridized carbons (Fsp3) is 0.647. The highest BCUT2D eigenvalue weighted by Crippen LogP contribution is 2.45. The molecule has 0 bridgehead atoms.